The maximum atomic E-state index is 13.1. The summed E-state index contributed by atoms with van der Waals surface area (Å²) in [6.45, 7) is 0.485. The Bertz CT molecular complexity index is 1310. The molecule has 4 rings (SSSR count). The van der Waals surface area contributed by atoms with Gasteiger partial charge in [-0.05, 0) is 41.0 Å². The van der Waals surface area contributed by atoms with Gasteiger partial charge in [-0.2, -0.15) is 5.10 Å². The first kappa shape index (κ1) is 22.8. The molecule has 0 bridgehead atoms. The fourth-order valence-corrected chi connectivity index (χ4v) is 3.45. The number of nitrogens with zero attached hydrogens (tertiary/aromatic N) is 3. The van der Waals surface area contributed by atoms with Gasteiger partial charge in [0.2, 0.25) is 0 Å². The number of aromatic nitrogens is 4. The third-order valence-electron chi connectivity index (χ3n) is 5.21. The van der Waals surface area contributed by atoms with Crippen molar-refractivity contribution >= 4 is 5.91 Å². The first-order valence-corrected chi connectivity index (χ1v) is 10.5. The van der Waals surface area contributed by atoms with Crippen LogP contribution in [0.5, 0.6) is 5.75 Å². The highest BCUT2D eigenvalue weighted by atomic mass is 16.5. The van der Waals surface area contributed by atoms with Crippen molar-refractivity contribution in [1.29, 1.82) is 0 Å². The second kappa shape index (κ2) is 10.5. The molecule has 1 amide bonds. The SMILES string of the molecule is COCc1ccc(C(NC(=O)c2cnc(-c3cccnn3)[nH]c2=O)c2ccc(OC)cc2)cc1. The Morgan fingerprint density at radius 3 is 2.32 bits per heavy atom. The summed E-state index contributed by atoms with van der Waals surface area (Å²) < 4.78 is 10.4. The zero-order valence-corrected chi connectivity index (χ0v) is 18.7. The standard InChI is InChI=1S/C25H23N5O4/c1-33-15-16-5-7-17(8-6-16)22(18-9-11-19(34-2)12-10-18)28-24(31)20-14-26-23(29-25(20)32)21-4-3-13-27-30-21/h3-14,22H,15H2,1-2H3,(H,28,31)(H,26,29,32). The lowest BCUT2D eigenvalue weighted by atomic mass is 9.97. The van der Waals surface area contributed by atoms with Crippen LogP contribution in [0.1, 0.15) is 33.1 Å². The molecule has 1 unspecified atom stereocenters. The summed E-state index contributed by atoms with van der Waals surface area (Å²) >= 11 is 0. The number of nitrogens with one attached hydrogen (secondary N) is 2. The molecule has 2 aromatic carbocycles. The molecule has 2 heterocycles. The third-order valence-corrected chi connectivity index (χ3v) is 5.21. The minimum Gasteiger partial charge on any atom is -0.497 e. The molecule has 2 aromatic heterocycles. The van der Waals surface area contributed by atoms with Gasteiger partial charge in [-0.15, -0.1) is 5.10 Å². The van der Waals surface area contributed by atoms with Gasteiger partial charge in [0.05, 0.1) is 19.8 Å². The summed E-state index contributed by atoms with van der Waals surface area (Å²) in [5.41, 5.74) is 2.40. The molecule has 0 spiro atoms. The summed E-state index contributed by atoms with van der Waals surface area (Å²) in [6, 6.07) is 17.9. The normalized spacial score (nSPS) is 11.6. The number of carbonyl (C=O) groups is 1. The molecule has 0 saturated carbocycles. The molecular weight excluding hydrogens is 434 g/mol. The predicted molar refractivity (Wildman–Crippen MR) is 125 cm³/mol. The summed E-state index contributed by atoms with van der Waals surface area (Å²) in [5.74, 6) is 0.376. The molecule has 0 radical (unpaired) electrons. The topological polar surface area (TPSA) is 119 Å². The number of aromatic amines is 1. The summed E-state index contributed by atoms with van der Waals surface area (Å²) in [7, 11) is 3.22. The first-order valence-electron chi connectivity index (χ1n) is 10.5. The predicted octanol–water partition coefficient (Wildman–Crippen LogP) is 2.90. The average Bonchev–Trinajstić information content (AvgIpc) is 2.88. The number of hydrogen-bond acceptors (Lipinski definition) is 7. The van der Waals surface area contributed by atoms with Crippen LogP contribution < -0.4 is 15.6 Å². The van der Waals surface area contributed by atoms with Gasteiger partial charge in [0.1, 0.15) is 17.0 Å². The second-order valence-electron chi connectivity index (χ2n) is 7.44. The second-order valence-corrected chi connectivity index (χ2v) is 7.44. The van der Waals surface area contributed by atoms with Crippen LogP contribution in [-0.4, -0.2) is 40.3 Å². The van der Waals surface area contributed by atoms with Crippen LogP contribution in [-0.2, 0) is 11.3 Å². The maximum Gasteiger partial charge on any atom is 0.264 e. The number of amides is 1. The van der Waals surface area contributed by atoms with E-state index in [0.29, 0.717) is 18.1 Å². The van der Waals surface area contributed by atoms with Gasteiger partial charge < -0.3 is 19.8 Å². The molecular formula is C25H23N5O4. The third kappa shape index (κ3) is 5.16. The lowest BCUT2D eigenvalue weighted by molar-refractivity contribution is 0.0941. The lowest BCUT2D eigenvalue weighted by Crippen LogP contribution is -2.33. The molecule has 4 aromatic rings. The number of ether oxygens (including phenoxy) is 2. The first-order chi connectivity index (χ1) is 16.6. The van der Waals surface area contributed by atoms with Crippen molar-refractivity contribution in [1.82, 2.24) is 25.5 Å². The highest BCUT2D eigenvalue weighted by Crippen LogP contribution is 2.25. The van der Waals surface area contributed by atoms with E-state index in [1.54, 1.807) is 26.4 Å². The average molecular weight is 457 g/mol. The van der Waals surface area contributed by atoms with Crippen LogP contribution in [0.2, 0.25) is 0 Å². The highest BCUT2D eigenvalue weighted by molar-refractivity contribution is 5.94. The Balaban J connectivity index is 1.64. The molecule has 34 heavy (non-hydrogen) atoms. The van der Waals surface area contributed by atoms with Crippen molar-refractivity contribution in [3.63, 3.8) is 0 Å². The van der Waals surface area contributed by atoms with Gasteiger partial charge >= 0.3 is 0 Å². The molecule has 2 N–H and O–H groups in total. The Hall–Kier alpha value is -4.37. The van der Waals surface area contributed by atoms with E-state index in [4.69, 9.17) is 9.47 Å². The van der Waals surface area contributed by atoms with Gasteiger partial charge in [0.25, 0.3) is 11.5 Å². The maximum absolute atomic E-state index is 13.1. The van der Waals surface area contributed by atoms with Gasteiger partial charge in [0, 0.05) is 19.5 Å². The largest absolute Gasteiger partial charge is 0.497 e. The number of hydrogen-bond donors (Lipinski definition) is 2. The lowest BCUT2D eigenvalue weighted by Gasteiger charge is -2.20. The van der Waals surface area contributed by atoms with Gasteiger partial charge in [0.15, 0.2) is 5.82 Å². The summed E-state index contributed by atoms with van der Waals surface area (Å²) in [5, 5.41) is 10.7. The van der Waals surface area contributed by atoms with E-state index in [2.05, 4.69) is 25.5 Å². The van der Waals surface area contributed by atoms with E-state index in [9.17, 15) is 9.59 Å². The van der Waals surface area contributed by atoms with E-state index in [1.807, 2.05) is 48.5 Å². The van der Waals surface area contributed by atoms with Crippen LogP contribution in [0.3, 0.4) is 0 Å². The Morgan fingerprint density at radius 1 is 1.03 bits per heavy atom. The highest BCUT2D eigenvalue weighted by Gasteiger charge is 2.21. The number of rotatable bonds is 8. The van der Waals surface area contributed by atoms with Crippen LogP contribution >= 0.6 is 0 Å². The van der Waals surface area contributed by atoms with Gasteiger partial charge in [-0.3, -0.25) is 9.59 Å². The molecule has 0 fully saturated rings. The van der Waals surface area contributed by atoms with Crippen molar-refractivity contribution in [2.45, 2.75) is 12.6 Å². The van der Waals surface area contributed by atoms with E-state index in [0.717, 1.165) is 16.7 Å². The number of benzene rings is 2. The van der Waals surface area contributed by atoms with E-state index in [1.165, 1.54) is 12.4 Å². The molecule has 0 saturated heterocycles. The zero-order chi connectivity index (χ0) is 23.9. The van der Waals surface area contributed by atoms with E-state index in [-0.39, 0.29) is 11.4 Å². The summed E-state index contributed by atoms with van der Waals surface area (Å²) in [6.07, 6.45) is 2.76. The fourth-order valence-electron chi connectivity index (χ4n) is 3.45. The molecule has 9 heteroatoms. The van der Waals surface area contributed by atoms with Crippen LogP contribution in [0.25, 0.3) is 11.5 Å². The van der Waals surface area contributed by atoms with E-state index >= 15 is 0 Å². The zero-order valence-electron chi connectivity index (χ0n) is 18.7. The Morgan fingerprint density at radius 2 is 1.74 bits per heavy atom. The molecule has 9 nitrogen and oxygen atoms in total. The van der Waals surface area contributed by atoms with Crippen LogP contribution in [0.4, 0.5) is 0 Å². The quantitative estimate of drug-likeness (QED) is 0.418. The minimum atomic E-state index is -0.572. The Kier molecular flexibility index (Phi) is 7.04. The number of carbonyl (C=O) groups excluding carboxylic acids is 1. The van der Waals surface area contributed by atoms with Gasteiger partial charge in [-0.25, -0.2) is 4.98 Å². The molecule has 0 aliphatic heterocycles. The molecule has 0 aliphatic carbocycles. The summed E-state index contributed by atoms with van der Waals surface area (Å²) in [4.78, 5) is 32.6. The van der Waals surface area contributed by atoms with Crippen LogP contribution in [0.15, 0.2) is 77.9 Å². The fraction of sp³-hybridized carbons (Fsp3) is 0.160. The van der Waals surface area contributed by atoms with Crippen molar-refractivity contribution in [3.05, 3.63) is 106 Å². The van der Waals surface area contributed by atoms with Crippen molar-refractivity contribution in [2.75, 3.05) is 14.2 Å². The number of methoxy groups -OCH3 is 2. The monoisotopic (exact) mass is 457 g/mol. The smallest absolute Gasteiger partial charge is 0.264 e. The molecule has 0 aliphatic rings. The van der Waals surface area contributed by atoms with Gasteiger partial charge in [-0.1, -0.05) is 36.4 Å². The van der Waals surface area contributed by atoms with Crippen molar-refractivity contribution in [3.8, 4) is 17.3 Å². The minimum absolute atomic E-state index is 0.109. The molecule has 172 valence electrons. The number of H-pyrrole nitrogens is 1. The van der Waals surface area contributed by atoms with Crippen LogP contribution in [0, 0.1) is 0 Å². The van der Waals surface area contributed by atoms with Crippen molar-refractivity contribution in [2.24, 2.45) is 0 Å². The molecule has 1 atom stereocenters. The van der Waals surface area contributed by atoms with Crippen molar-refractivity contribution < 1.29 is 14.3 Å². The van der Waals surface area contributed by atoms with E-state index < -0.39 is 17.5 Å². The Labute approximate surface area is 195 Å².